The molecule has 2 amide bonds. The third-order valence-electron chi connectivity index (χ3n) is 3.40. The van der Waals surface area contributed by atoms with E-state index in [0.29, 0.717) is 25.0 Å². The first-order valence-corrected chi connectivity index (χ1v) is 7.53. The molecule has 3 rings (SSSR count). The van der Waals surface area contributed by atoms with Crippen molar-refractivity contribution in [2.75, 3.05) is 0 Å². The Balaban J connectivity index is 1.61. The summed E-state index contributed by atoms with van der Waals surface area (Å²) in [4.78, 5) is 19.5. The van der Waals surface area contributed by atoms with Crippen LogP contribution in [-0.2, 0) is 13.1 Å². The summed E-state index contributed by atoms with van der Waals surface area (Å²) >= 11 is 1.71. The van der Waals surface area contributed by atoms with Gasteiger partial charge in [-0.25, -0.2) is 9.78 Å². The number of aryl methyl sites for hydroxylation is 1. The van der Waals surface area contributed by atoms with Crippen molar-refractivity contribution in [2.24, 2.45) is 0 Å². The first-order chi connectivity index (χ1) is 9.74. The topological polar surface area (TPSA) is 73.9 Å². The van der Waals surface area contributed by atoms with Crippen LogP contribution in [0.25, 0.3) is 0 Å². The number of H-pyrrole nitrogens is 1. The van der Waals surface area contributed by atoms with Crippen LogP contribution in [0.15, 0.2) is 17.8 Å². The number of nitrogens with zero attached hydrogens (tertiary/aromatic N) is 3. The number of aromatic amines is 1. The fraction of sp³-hybridized carbons (Fsp3) is 0.462. The number of thiophene rings is 1. The summed E-state index contributed by atoms with van der Waals surface area (Å²) in [6.45, 7) is 3.16. The Labute approximate surface area is 121 Å². The number of urea groups is 1. The summed E-state index contributed by atoms with van der Waals surface area (Å²) in [5.74, 6) is 0.668. The van der Waals surface area contributed by atoms with E-state index in [1.54, 1.807) is 11.3 Å². The van der Waals surface area contributed by atoms with Crippen LogP contribution in [0.5, 0.6) is 0 Å². The van der Waals surface area contributed by atoms with Gasteiger partial charge in [0, 0.05) is 10.9 Å². The molecule has 0 spiro atoms. The molecule has 1 fully saturated rings. The molecule has 0 aromatic carbocycles. The lowest BCUT2D eigenvalue weighted by atomic mass is 10.3. The molecule has 0 bridgehead atoms. The Morgan fingerprint density at radius 1 is 1.60 bits per heavy atom. The SMILES string of the molecule is Cc1ccsc1CN(C(=O)NCc1ncn[nH]1)C1CC1. The largest absolute Gasteiger partial charge is 0.331 e. The fourth-order valence-corrected chi connectivity index (χ4v) is 2.95. The minimum atomic E-state index is -0.0308. The molecule has 2 aromatic heterocycles. The molecule has 0 atom stereocenters. The standard InChI is InChI=1S/C13H17N5OS/c1-9-4-5-20-11(9)7-18(10-2-3-10)13(19)14-6-12-15-8-16-17-12/h4-5,8,10H,2-3,6-7H2,1H3,(H,14,19)(H,15,16,17). The average Bonchev–Trinajstić information content (AvgIpc) is 2.98. The van der Waals surface area contributed by atoms with Crippen molar-refractivity contribution in [3.8, 4) is 0 Å². The summed E-state index contributed by atoms with van der Waals surface area (Å²) in [5, 5.41) is 11.5. The quantitative estimate of drug-likeness (QED) is 0.885. The second-order valence-electron chi connectivity index (χ2n) is 4.98. The molecule has 0 radical (unpaired) electrons. The Morgan fingerprint density at radius 2 is 2.45 bits per heavy atom. The van der Waals surface area contributed by atoms with E-state index in [1.807, 2.05) is 4.90 Å². The summed E-state index contributed by atoms with van der Waals surface area (Å²) in [5.41, 5.74) is 1.25. The molecular formula is C13H17N5OS. The van der Waals surface area contributed by atoms with Crippen molar-refractivity contribution in [1.29, 1.82) is 0 Å². The number of carbonyl (C=O) groups is 1. The first-order valence-electron chi connectivity index (χ1n) is 6.65. The van der Waals surface area contributed by atoms with Gasteiger partial charge in [-0.1, -0.05) is 0 Å². The Hall–Kier alpha value is -1.89. The molecule has 7 heteroatoms. The lowest BCUT2D eigenvalue weighted by molar-refractivity contribution is 0.191. The van der Waals surface area contributed by atoms with Gasteiger partial charge in [-0.05, 0) is 36.8 Å². The lowest BCUT2D eigenvalue weighted by Gasteiger charge is -2.22. The van der Waals surface area contributed by atoms with E-state index >= 15 is 0 Å². The van der Waals surface area contributed by atoms with E-state index in [1.165, 1.54) is 16.8 Å². The lowest BCUT2D eigenvalue weighted by Crippen LogP contribution is -2.40. The Morgan fingerprint density at radius 3 is 3.05 bits per heavy atom. The monoisotopic (exact) mass is 291 g/mol. The number of carbonyl (C=O) groups excluding carboxylic acids is 1. The van der Waals surface area contributed by atoms with E-state index in [-0.39, 0.29) is 6.03 Å². The van der Waals surface area contributed by atoms with Gasteiger partial charge in [-0.2, -0.15) is 5.10 Å². The highest BCUT2D eigenvalue weighted by molar-refractivity contribution is 7.10. The van der Waals surface area contributed by atoms with Gasteiger partial charge < -0.3 is 10.2 Å². The zero-order chi connectivity index (χ0) is 13.9. The van der Waals surface area contributed by atoms with E-state index in [4.69, 9.17) is 0 Å². The molecular weight excluding hydrogens is 274 g/mol. The summed E-state index contributed by atoms with van der Waals surface area (Å²) in [6.07, 6.45) is 3.63. The van der Waals surface area contributed by atoms with Crippen LogP contribution in [0, 0.1) is 6.92 Å². The minimum Gasteiger partial charge on any atom is -0.331 e. The Bertz CT molecular complexity index is 575. The van der Waals surface area contributed by atoms with Crippen LogP contribution in [0.3, 0.4) is 0 Å². The fourth-order valence-electron chi connectivity index (χ4n) is 2.05. The molecule has 0 saturated heterocycles. The highest BCUT2D eigenvalue weighted by Crippen LogP contribution is 2.30. The van der Waals surface area contributed by atoms with Crippen molar-refractivity contribution in [1.82, 2.24) is 25.4 Å². The average molecular weight is 291 g/mol. The van der Waals surface area contributed by atoms with Gasteiger partial charge >= 0.3 is 6.03 Å². The minimum absolute atomic E-state index is 0.0308. The van der Waals surface area contributed by atoms with Gasteiger partial charge in [0.25, 0.3) is 0 Å². The van der Waals surface area contributed by atoms with Crippen LogP contribution in [0.1, 0.15) is 29.1 Å². The molecule has 20 heavy (non-hydrogen) atoms. The van der Waals surface area contributed by atoms with E-state index in [2.05, 4.69) is 38.9 Å². The van der Waals surface area contributed by atoms with Gasteiger partial charge in [0.1, 0.15) is 12.2 Å². The van der Waals surface area contributed by atoms with Crippen LogP contribution >= 0.6 is 11.3 Å². The third-order valence-corrected chi connectivity index (χ3v) is 4.41. The smallest absolute Gasteiger partial charge is 0.318 e. The van der Waals surface area contributed by atoms with Gasteiger partial charge in [0.15, 0.2) is 0 Å². The number of rotatable bonds is 5. The van der Waals surface area contributed by atoms with E-state index in [9.17, 15) is 4.79 Å². The number of hydrogen-bond donors (Lipinski definition) is 2. The van der Waals surface area contributed by atoms with Crippen LogP contribution in [0.2, 0.25) is 0 Å². The van der Waals surface area contributed by atoms with E-state index < -0.39 is 0 Å². The van der Waals surface area contributed by atoms with Gasteiger partial charge in [-0.15, -0.1) is 11.3 Å². The van der Waals surface area contributed by atoms with Crippen molar-refractivity contribution < 1.29 is 4.79 Å². The molecule has 1 saturated carbocycles. The number of hydrogen-bond acceptors (Lipinski definition) is 4. The van der Waals surface area contributed by atoms with Gasteiger partial charge in [-0.3, -0.25) is 5.10 Å². The highest BCUT2D eigenvalue weighted by Gasteiger charge is 2.33. The van der Waals surface area contributed by atoms with E-state index in [0.717, 1.165) is 12.8 Å². The number of amides is 2. The maximum atomic E-state index is 12.3. The maximum Gasteiger partial charge on any atom is 0.318 e. The number of nitrogens with one attached hydrogen (secondary N) is 2. The van der Waals surface area contributed by atoms with Gasteiger partial charge in [0.05, 0.1) is 13.1 Å². The zero-order valence-electron chi connectivity index (χ0n) is 11.3. The predicted molar refractivity (Wildman–Crippen MR) is 76.2 cm³/mol. The molecule has 1 aliphatic rings. The summed E-state index contributed by atoms with van der Waals surface area (Å²) < 4.78 is 0. The van der Waals surface area contributed by atoms with Crippen LogP contribution in [-0.4, -0.2) is 32.2 Å². The Kier molecular flexibility index (Phi) is 3.68. The first kappa shape index (κ1) is 13.1. The second-order valence-corrected chi connectivity index (χ2v) is 5.98. The molecule has 0 aliphatic heterocycles. The molecule has 2 heterocycles. The molecule has 106 valence electrons. The van der Waals surface area contributed by atoms with Crippen molar-refractivity contribution >= 4 is 17.4 Å². The summed E-state index contributed by atoms with van der Waals surface area (Å²) in [7, 11) is 0. The molecule has 0 unspecified atom stereocenters. The van der Waals surface area contributed by atoms with Crippen molar-refractivity contribution in [3.63, 3.8) is 0 Å². The van der Waals surface area contributed by atoms with Crippen molar-refractivity contribution in [3.05, 3.63) is 34.0 Å². The normalized spacial score (nSPS) is 14.2. The summed E-state index contributed by atoms with van der Waals surface area (Å²) in [6, 6.07) is 2.44. The van der Waals surface area contributed by atoms with Crippen LogP contribution in [0.4, 0.5) is 4.79 Å². The van der Waals surface area contributed by atoms with Crippen molar-refractivity contribution in [2.45, 2.75) is 38.9 Å². The number of aromatic nitrogens is 3. The maximum absolute atomic E-state index is 12.3. The second kappa shape index (κ2) is 5.62. The van der Waals surface area contributed by atoms with Crippen LogP contribution < -0.4 is 5.32 Å². The van der Waals surface area contributed by atoms with Gasteiger partial charge in [0.2, 0.25) is 0 Å². The third kappa shape index (κ3) is 2.98. The molecule has 6 nitrogen and oxygen atoms in total. The zero-order valence-corrected chi connectivity index (χ0v) is 12.1. The molecule has 1 aliphatic carbocycles. The highest BCUT2D eigenvalue weighted by atomic mass is 32.1. The predicted octanol–water partition coefficient (Wildman–Crippen LogP) is 2.05. The molecule has 2 aromatic rings. The molecule has 2 N–H and O–H groups in total.